The highest BCUT2D eigenvalue weighted by Gasteiger charge is 2.21. The van der Waals surface area contributed by atoms with Crippen molar-refractivity contribution >= 4 is 5.96 Å². The van der Waals surface area contributed by atoms with Gasteiger partial charge in [-0.2, -0.15) is 0 Å². The van der Waals surface area contributed by atoms with Gasteiger partial charge in [-0.3, -0.25) is 9.89 Å². The lowest BCUT2D eigenvalue weighted by atomic mass is 10.2. The SMILES string of the molecule is CN=C(NCCCOCC1CCCO1)NCCCN1CC(C)OC(C)C1. The molecule has 152 valence electrons. The van der Waals surface area contributed by atoms with Crippen molar-refractivity contribution in [3.63, 3.8) is 0 Å². The third-order valence-corrected chi connectivity index (χ3v) is 4.75. The van der Waals surface area contributed by atoms with Gasteiger partial charge < -0.3 is 24.8 Å². The summed E-state index contributed by atoms with van der Waals surface area (Å²) in [6, 6.07) is 0. The van der Waals surface area contributed by atoms with E-state index in [0.29, 0.717) is 18.3 Å². The monoisotopic (exact) mass is 370 g/mol. The lowest BCUT2D eigenvalue weighted by Gasteiger charge is -2.35. The Hall–Kier alpha value is -0.890. The van der Waals surface area contributed by atoms with Gasteiger partial charge in [0, 0.05) is 53.0 Å². The van der Waals surface area contributed by atoms with E-state index in [1.165, 1.54) is 6.42 Å². The summed E-state index contributed by atoms with van der Waals surface area (Å²) in [4.78, 5) is 6.77. The van der Waals surface area contributed by atoms with E-state index < -0.39 is 0 Å². The second-order valence-electron chi connectivity index (χ2n) is 7.36. The van der Waals surface area contributed by atoms with Crippen LogP contribution in [0.2, 0.25) is 0 Å². The molecule has 3 atom stereocenters. The molecule has 0 aliphatic carbocycles. The van der Waals surface area contributed by atoms with Crippen LogP contribution in [0.4, 0.5) is 0 Å². The number of hydrogen-bond acceptors (Lipinski definition) is 5. The van der Waals surface area contributed by atoms with Crippen molar-refractivity contribution in [2.45, 2.75) is 57.8 Å². The van der Waals surface area contributed by atoms with Crippen LogP contribution in [0.3, 0.4) is 0 Å². The van der Waals surface area contributed by atoms with Crippen molar-refractivity contribution in [3.05, 3.63) is 0 Å². The predicted molar refractivity (Wildman–Crippen MR) is 105 cm³/mol. The van der Waals surface area contributed by atoms with Crippen molar-refractivity contribution in [2.75, 3.05) is 59.6 Å². The van der Waals surface area contributed by atoms with Crippen molar-refractivity contribution < 1.29 is 14.2 Å². The second kappa shape index (κ2) is 12.5. The number of nitrogens with zero attached hydrogens (tertiary/aromatic N) is 2. The molecule has 2 saturated heterocycles. The summed E-state index contributed by atoms with van der Waals surface area (Å²) in [6.45, 7) is 11.6. The molecule has 2 N–H and O–H groups in total. The Morgan fingerprint density at radius 3 is 2.54 bits per heavy atom. The molecule has 7 heteroatoms. The van der Waals surface area contributed by atoms with Crippen LogP contribution in [-0.2, 0) is 14.2 Å². The molecule has 2 aliphatic rings. The smallest absolute Gasteiger partial charge is 0.190 e. The molecule has 0 radical (unpaired) electrons. The summed E-state index contributed by atoms with van der Waals surface area (Å²) in [5.41, 5.74) is 0. The van der Waals surface area contributed by atoms with Crippen LogP contribution in [0.15, 0.2) is 4.99 Å². The number of ether oxygens (including phenoxy) is 3. The van der Waals surface area contributed by atoms with Gasteiger partial charge in [-0.25, -0.2) is 0 Å². The van der Waals surface area contributed by atoms with E-state index in [2.05, 4.69) is 34.4 Å². The maximum absolute atomic E-state index is 5.78. The van der Waals surface area contributed by atoms with Gasteiger partial charge in [-0.15, -0.1) is 0 Å². The first-order valence-electron chi connectivity index (χ1n) is 10.2. The highest BCUT2D eigenvalue weighted by Crippen LogP contribution is 2.12. The number of morpholine rings is 1. The molecule has 2 aliphatic heterocycles. The van der Waals surface area contributed by atoms with Gasteiger partial charge in [0.1, 0.15) is 0 Å². The average Bonchev–Trinajstić information content (AvgIpc) is 3.12. The Kier molecular flexibility index (Phi) is 10.3. The van der Waals surface area contributed by atoms with Crippen LogP contribution in [0.25, 0.3) is 0 Å². The number of aliphatic imine (C=N–C) groups is 1. The molecule has 0 amide bonds. The van der Waals surface area contributed by atoms with E-state index in [4.69, 9.17) is 14.2 Å². The Bertz CT molecular complexity index is 392. The molecular formula is C19H38N4O3. The van der Waals surface area contributed by atoms with E-state index in [1.807, 2.05) is 7.05 Å². The van der Waals surface area contributed by atoms with Crippen molar-refractivity contribution in [3.8, 4) is 0 Å². The number of hydrogen-bond donors (Lipinski definition) is 2. The molecule has 2 heterocycles. The molecule has 0 aromatic heterocycles. The predicted octanol–water partition coefficient (Wildman–Crippen LogP) is 1.24. The minimum absolute atomic E-state index is 0.315. The Morgan fingerprint density at radius 1 is 1.15 bits per heavy atom. The summed E-state index contributed by atoms with van der Waals surface area (Å²) in [5.74, 6) is 0.868. The van der Waals surface area contributed by atoms with E-state index in [9.17, 15) is 0 Å². The van der Waals surface area contributed by atoms with Gasteiger partial charge in [-0.05, 0) is 39.5 Å². The summed E-state index contributed by atoms with van der Waals surface area (Å²) in [5, 5.41) is 6.73. The fourth-order valence-corrected chi connectivity index (χ4v) is 3.57. The van der Waals surface area contributed by atoms with Gasteiger partial charge in [-0.1, -0.05) is 0 Å². The molecule has 0 bridgehead atoms. The molecular weight excluding hydrogens is 332 g/mol. The van der Waals surface area contributed by atoms with Gasteiger partial charge in [0.15, 0.2) is 5.96 Å². The standard InChI is InChI=1S/C19H38N4O3/c1-16-13-23(14-17(2)26-16)10-5-8-21-19(20-3)22-9-6-11-24-15-18-7-4-12-25-18/h16-18H,4-15H2,1-3H3,(H2,20,21,22). The van der Waals surface area contributed by atoms with Crippen molar-refractivity contribution in [2.24, 2.45) is 4.99 Å². The quantitative estimate of drug-likeness (QED) is 0.343. The topological polar surface area (TPSA) is 67.4 Å². The first-order valence-corrected chi connectivity index (χ1v) is 10.2. The molecule has 2 fully saturated rings. The molecule has 0 aromatic carbocycles. The van der Waals surface area contributed by atoms with Crippen LogP contribution in [0.1, 0.15) is 39.5 Å². The Balaban J connectivity index is 1.44. The van der Waals surface area contributed by atoms with Crippen molar-refractivity contribution in [1.82, 2.24) is 15.5 Å². The molecule has 0 saturated carbocycles. The fraction of sp³-hybridized carbons (Fsp3) is 0.947. The highest BCUT2D eigenvalue weighted by atomic mass is 16.5. The first-order chi connectivity index (χ1) is 12.7. The van der Waals surface area contributed by atoms with Crippen LogP contribution in [-0.4, -0.2) is 88.8 Å². The van der Waals surface area contributed by atoms with Gasteiger partial charge >= 0.3 is 0 Å². The maximum atomic E-state index is 5.78. The van der Waals surface area contributed by atoms with E-state index >= 15 is 0 Å². The van der Waals surface area contributed by atoms with E-state index in [0.717, 1.165) is 77.8 Å². The summed E-state index contributed by atoms with van der Waals surface area (Å²) < 4.78 is 17.0. The Morgan fingerprint density at radius 2 is 1.88 bits per heavy atom. The van der Waals surface area contributed by atoms with Crippen LogP contribution < -0.4 is 10.6 Å². The minimum atomic E-state index is 0.315. The lowest BCUT2D eigenvalue weighted by molar-refractivity contribution is -0.0679. The third kappa shape index (κ3) is 8.66. The molecule has 0 spiro atoms. The minimum Gasteiger partial charge on any atom is -0.379 e. The second-order valence-corrected chi connectivity index (χ2v) is 7.36. The lowest BCUT2D eigenvalue weighted by Crippen LogP contribution is -2.46. The summed E-state index contributed by atoms with van der Waals surface area (Å²) in [7, 11) is 1.81. The molecule has 3 unspecified atom stereocenters. The van der Waals surface area contributed by atoms with Crippen LogP contribution >= 0.6 is 0 Å². The van der Waals surface area contributed by atoms with E-state index in [1.54, 1.807) is 0 Å². The molecule has 26 heavy (non-hydrogen) atoms. The normalized spacial score (nSPS) is 27.7. The van der Waals surface area contributed by atoms with Crippen LogP contribution in [0.5, 0.6) is 0 Å². The Labute approximate surface area is 158 Å². The zero-order chi connectivity index (χ0) is 18.6. The average molecular weight is 371 g/mol. The van der Waals surface area contributed by atoms with Gasteiger partial charge in [0.2, 0.25) is 0 Å². The molecule has 2 rings (SSSR count). The fourth-order valence-electron chi connectivity index (χ4n) is 3.57. The molecule has 0 aromatic rings. The molecule has 7 nitrogen and oxygen atoms in total. The first kappa shape index (κ1) is 21.4. The number of rotatable bonds is 10. The van der Waals surface area contributed by atoms with Gasteiger partial charge in [0.25, 0.3) is 0 Å². The zero-order valence-corrected chi connectivity index (χ0v) is 16.8. The zero-order valence-electron chi connectivity index (χ0n) is 16.8. The van der Waals surface area contributed by atoms with Gasteiger partial charge in [0.05, 0.1) is 24.9 Å². The number of nitrogens with one attached hydrogen (secondary N) is 2. The third-order valence-electron chi connectivity index (χ3n) is 4.75. The summed E-state index contributed by atoms with van der Waals surface area (Å²) >= 11 is 0. The maximum Gasteiger partial charge on any atom is 0.190 e. The largest absolute Gasteiger partial charge is 0.379 e. The van der Waals surface area contributed by atoms with E-state index in [-0.39, 0.29) is 0 Å². The highest BCUT2D eigenvalue weighted by molar-refractivity contribution is 5.79. The number of guanidine groups is 1. The summed E-state index contributed by atoms with van der Waals surface area (Å²) in [6.07, 6.45) is 5.36. The van der Waals surface area contributed by atoms with Crippen molar-refractivity contribution in [1.29, 1.82) is 0 Å². The van der Waals surface area contributed by atoms with Crippen LogP contribution in [0, 0.1) is 0 Å².